The number of benzene rings is 1. The molecule has 1 amide bonds. The molecule has 1 aromatic carbocycles. The molecule has 1 aromatic heterocycles. The minimum atomic E-state index is -1.02. The molecule has 0 radical (unpaired) electrons. The average molecular weight is 390 g/mol. The van der Waals surface area contributed by atoms with E-state index in [1.807, 2.05) is 30.3 Å². The highest BCUT2D eigenvalue weighted by Crippen LogP contribution is 2.20. The van der Waals surface area contributed by atoms with Gasteiger partial charge in [0.25, 0.3) is 0 Å². The van der Waals surface area contributed by atoms with Crippen LogP contribution in [0.3, 0.4) is 0 Å². The van der Waals surface area contributed by atoms with Gasteiger partial charge < -0.3 is 11.1 Å². The number of rotatable bonds is 6. The molecule has 134 valence electrons. The lowest BCUT2D eigenvalue weighted by Crippen LogP contribution is -2.49. The lowest BCUT2D eigenvalue weighted by Gasteiger charge is -2.24. The number of nitrogens with two attached hydrogens (primary N) is 1. The highest BCUT2D eigenvalue weighted by Gasteiger charge is 2.29. The van der Waals surface area contributed by atoms with Crippen LogP contribution >= 0.6 is 36.2 Å². The van der Waals surface area contributed by atoms with Gasteiger partial charge in [0.05, 0.1) is 10.7 Å². The number of nitrogens with one attached hydrogen (secondary N) is 1. The van der Waals surface area contributed by atoms with E-state index in [-0.39, 0.29) is 30.7 Å². The molecule has 0 aliphatic carbocycles. The smallest absolute Gasteiger partial charge is 0.244 e. The van der Waals surface area contributed by atoms with Crippen molar-refractivity contribution in [3.05, 3.63) is 52.0 Å². The van der Waals surface area contributed by atoms with Crippen LogP contribution in [0.2, 0.25) is 0 Å². The quantitative estimate of drug-likeness (QED) is 0.791. The maximum Gasteiger partial charge on any atom is 0.244 e. The number of carbonyl (C=O) groups is 1. The topological polar surface area (TPSA) is 68.0 Å². The first kappa shape index (κ1) is 22.9. The van der Waals surface area contributed by atoms with Gasteiger partial charge in [0, 0.05) is 24.3 Å². The van der Waals surface area contributed by atoms with Gasteiger partial charge in [-0.05, 0) is 12.5 Å². The summed E-state index contributed by atoms with van der Waals surface area (Å²) in [6.07, 6.45) is 0.722. The van der Waals surface area contributed by atoms with E-state index >= 15 is 0 Å². The van der Waals surface area contributed by atoms with Crippen LogP contribution in [-0.2, 0) is 16.8 Å². The van der Waals surface area contributed by atoms with Crippen molar-refractivity contribution in [1.29, 1.82) is 0 Å². The van der Waals surface area contributed by atoms with Crippen molar-refractivity contribution in [3.63, 3.8) is 0 Å². The van der Waals surface area contributed by atoms with Crippen molar-refractivity contribution in [1.82, 2.24) is 10.3 Å². The van der Waals surface area contributed by atoms with Crippen molar-refractivity contribution in [2.75, 3.05) is 6.54 Å². The van der Waals surface area contributed by atoms with Gasteiger partial charge >= 0.3 is 0 Å². The Morgan fingerprint density at radius 1 is 1.29 bits per heavy atom. The van der Waals surface area contributed by atoms with Crippen LogP contribution in [-0.4, -0.2) is 17.4 Å². The van der Waals surface area contributed by atoms with E-state index in [9.17, 15) is 4.79 Å². The van der Waals surface area contributed by atoms with Crippen molar-refractivity contribution >= 4 is 42.1 Å². The first-order chi connectivity index (χ1) is 10.4. The molecule has 4 nitrogen and oxygen atoms in total. The number of hydrogen-bond acceptors (Lipinski definition) is 4. The molecule has 0 saturated carbocycles. The highest BCUT2D eigenvalue weighted by atomic mass is 35.5. The third-order valence-electron chi connectivity index (χ3n) is 3.58. The second kappa shape index (κ2) is 9.99. The van der Waals surface area contributed by atoms with E-state index in [2.05, 4.69) is 29.5 Å². The van der Waals surface area contributed by atoms with E-state index < -0.39 is 5.54 Å². The second-order valence-corrected chi connectivity index (χ2v) is 6.80. The summed E-state index contributed by atoms with van der Waals surface area (Å²) in [5.74, 6) is 0.275. The zero-order valence-corrected chi connectivity index (χ0v) is 16.6. The van der Waals surface area contributed by atoms with E-state index in [0.717, 1.165) is 22.7 Å². The van der Waals surface area contributed by atoms with Crippen LogP contribution in [0, 0.1) is 0 Å². The maximum absolute atomic E-state index is 12.3. The predicted octanol–water partition coefficient (Wildman–Crippen LogP) is 3.64. The number of nitrogens with zero attached hydrogens (tertiary/aromatic N) is 1. The fourth-order valence-corrected chi connectivity index (χ4v) is 2.98. The predicted molar refractivity (Wildman–Crippen MR) is 105 cm³/mol. The molecule has 2 rings (SSSR count). The third kappa shape index (κ3) is 5.74. The number of halogens is 2. The Bertz CT molecular complexity index is 630. The molecule has 7 heteroatoms. The Kier molecular flexibility index (Phi) is 9.51. The standard InChI is InChI=1S/C17H23N3OS.2ClH/c1-12(2)15-20-14(11-22-15)9-10-19-16(21)17(3,18)13-7-5-4-6-8-13;;/h4-8,11-12H,9-10,18H2,1-3H3,(H,19,21);2*1H. The summed E-state index contributed by atoms with van der Waals surface area (Å²) in [4.78, 5) is 16.9. The molecule has 0 spiro atoms. The van der Waals surface area contributed by atoms with Gasteiger partial charge in [-0.15, -0.1) is 36.2 Å². The maximum atomic E-state index is 12.3. The fourth-order valence-electron chi connectivity index (χ4n) is 2.11. The summed E-state index contributed by atoms with van der Waals surface area (Å²) in [6, 6.07) is 9.42. The van der Waals surface area contributed by atoms with E-state index in [1.54, 1.807) is 18.3 Å². The minimum Gasteiger partial charge on any atom is -0.354 e. The summed E-state index contributed by atoms with van der Waals surface area (Å²) < 4.78 is 0. The number of hydrogen-bond donors (Lipinski definition) is 2. The molecular weight excluding hydrogens is 365 g/mol. The molecule has 0 bridgehead atoms. The van der Waals surface area contributed by atoms with Crippen molar-refractivity contribution in [2.45, 2.75) is 38.6 Å². The van der Waals surface area contributed by atoms with Crippen LogP contribution in [0.25, 0.3) is 0 Å². The normalized spacial score (nSPS) is 12.7. The lowest BCUT2D eigenvalue weighted by atomic mass is 9.92. The van der Waals surface area contributed by atoms with E-state index in [0.29, 0.717) is 12.5 Å². The molecule has 0 fully saturated rings. The van der Waals surface area contributed by atoms with E-state index in [1.165, 1.54) is 0 Å². The molecule has 0 saturated heterocycles. The third-order valence-corrected chi connectivity index (χ3v) is 4.77. The monoisotopic (exact) mass is 389 g/mol. The summed E-state index contributed by atoms with van der Waals surface area (Å²) in [5.41, 5.74) is 6.99. The van der Waals surface area contributed by atoms with Crippen molar-refractivity contribution in [2.24, 2.45) is 5.73 Å². The zero-order valence-electron chi connectivity index (χ0n) is 14.1. The average Bonchev–Trinajstić information content (AvgIpc) is 2.97. The largest absolute Gasteiger partial charge is 0.354 e. The lowest BCUT2D eigenvalue weighted by molar-refractivity contribution is -0.126. The summed E-state index contributed by atoms with van der Waals surface area (Å²) in [5, 5.41) is 6.10. The van der Waals surface area contributed by atoms with Gasteiger partial charge in [0.15, 0.2) is 0 Å². The van der Waals surface area contributed by atoms with E-state index in [4.69, 9.17) is 5.73 Å². The zero-order chi connectivity index (χ0) is 16.2. The van der Waals surface area contributed by atoms with Crippen molar-refractivity contribution in [3.8, 4) is 0 Å². The molecule has 0 aliphatic heterocycles. The summed E-state index contributed by atoms with van der Waals surface area (Å²) in [6.45, 7) is 6.53. The molecule has 24 heavy (non-hydrogen) atoms. The first-order valence-corrected chi connectivity index (χ1v) is 8.36. The Morgan fingerprint density at radius 3 is 2.46 bits per heavy atom. The number of thiazole rings is 1. The first-order valence-electron chi connectivity index (χ1n) is 7.48. The van der Waals surface area contributed by atoms with Crippen LogP contribution < -0.4 is 11.1 Å². The Balaban J connectivity index is 0.00000264. The van der Waals surface area contributed by atoms with Gasteiger partial charge in [-0.1, -0.05) is 44.2 Å². The van der Waals surface area contributed by atoms with Crippen LogP contribution in [0.15, 0.2) is 35.7 Å². The molecule has 3 N–H and O–H groups in total. The molecule has 2 aromatic rings. The second-order valence-electron chi connectivity index (χ2n) is 5.91. The van der Waals surface area contributed by atoms with Gasteiger partial charge in [0.1, 0.15) is 5.54 Å². The molecule has 1 atom stereocenters. The number of amides is 1. The molecular formula is C17H25Cl2N3OS. The molecule has 1 heterocycles. The molecule has 0 aliphatic rings. The van der Waals surface area contributed by atoms with Crippen LogP contribution in [0.1, 0.15) is 43.0 Å². The number of carbonyl (C=O) groups excluding carboxylic acids is 1. The van der Waals surface area contributed by atoms with Gasteiger partial charge in [0.2, 0.25) is 5.91 Å². The van der Waals surface area contributed by atoms with Gasteiger partial charge in [-0.2, -0.15) is 0 Å². The minimum absolute atomic E-state index is 0. The highest BCUT2D eigenvalue weighted by molar-refractivity contribution is 7.09. The number of aromatic nitrogens is 1. The summed E-state index contributed by atoms with van der Waals surface area (Å²) in [7, 11) is 0. The van der Waals surface area contributed by atoms with Gasteiger partial charge in [-0.25, -0.2) is 4.98 Å². The summed E-state index contributed by atoms with van der Waals surface area (Å²) >= 11 is 1.67. The Labute approximate surface area is 160 Å². The van der Waals surface area contributed by atoms with Crippen LogP contribution in [0.4, 0.5) is 0 Å². The van der Waals surface area contributed by atoms with Gasteiger partial charge in [-0.3, -0.25) is 4.79 Å². The SMILES string of the molecule is CC(C)c1nc(CCNC(=O)C(C)(N)c2ccccc2)cs1.Cl.Cl. The molecule has 1 unspecified atom stereocenters. The van der Waals surface area contributed by atoms with Crippen molar-refractivity contribution < 1.29 is 4.79 Å². The Hall–Kier alpha value is -1.14. The van der Waals surface area contributed by atoms with Crippen LogP contribution in [0.5, 0.6) is 0 Å². The Morgan fingerprint density at radius 2 is 1.92 bits per heavy atom. The fraction of sp³-hybridized carbons (Fsp3) is 0.412.